The molecule has 1 N–H and O–H groups in total. The summed E-state index contributed by atoms with van der Waals surface area (Å²) in [7, 11) is 0. The number of carbonyl (C=O) groups is 1. The molecule has 2 aliphatic rings. The molecule has 0 aromatic carbocycles. The highest BCUT2D eigenvalue weighted by Crippen LogP contribution is 2.34. The van der Waals surface area contributed by atoms with E-state index in [9.17, 15) is 9.90 Å². The van der Waals surface area contributed by atoms with Crippen LogP contribution in [0.4, 0.5) is 0 Å². The molecule has 0 amide bonds. The third kappa shape index (κ3) is 0.966. The van der Waals surface area contributed by atoms with Gasteiger partial charge in [-0.3, -0.25) is 4.79 Å². The first-order chi connectivity index (χ1) is 5.70. The number of aliphatic hydroxyl groups is 1. The van der Waals surface area contributed by atoms with Gasteiger partial charge in [0.15, 0.2) is 0 Å². The van der Waals surface area contributed by atoms with E-state index in [1.807, 2.05) is 19.1 Å². The van der Waals surface area contributed by atoms with Gasteiger partial charge in [0.1, 0.15) is 6.10 Å². The van der Waals surface area contributed by atoms with Gasteiger partial charge in [0, 0.05) is 5.92 Å². The summed E-state index contributed by atoms with van der Waals surface area (Å²) < 4.78 is 5.05. The molecule has 0 bridgehead atoms. The van der Waals surface area contributed by atoms with Crippen LogP contribution in [0.3, 0.4) is 0 Å². The molecule has 3 heteroatoms. The van der Waals surface area contributed by atoms with Crippen molar-refractivity contribution in [2.24, 2.45) is 11.8 Å². The zero-order valence-electron chi connectivity index (χ0n) is 6.93. The second-order valence-electron chi connectivity index (χ2n) is 3.50. The second kappa shape index (κ2) is 2.59. The van der Waals surface area contributed by atoms with Crippen LogP contribution >= 0.6 is 0 Å². The number of hydrogen-bond acceptors (Lipinski definition) is 3. The van der Waals surface area contributed by atoms with E-state index in [-0.39, 0.29) is 23.9 Å². The van der Waals surface area contributed by atoms with Crippen LogP contribution in [-0.4, -0.2) is 23.3 Å². The van der Waals surface area contributed by atoms with E-state index >= 15 is 0 Å². The summed E-state index contributed by atoms with van der Waals surface area (Å²) in [5.74, 6) is -0.196. The first-order valence-corrected chi connectivity index (χ1v) is 4.25. The smallest absolute Gasteiger partial charge is 0.309 e. The number of hydrogen-bond donors (Lipinski definition) is 1. The van der Waals surface area contributed by atoms with Crippen molar-refractivity contribution in [1.29, 1.82) is 0 Å². The Morgan fingerprint density at radius 3 is 3.08 bits per heavy atom. The molecule has 3 nitrogen and oxygen atoms in total. The molecule has 0 radical (unpaired) electrons. The summed E-state index contributed by atoms with van der Waals surface area (Å²) in [6.45, 7) is 1.84. The largest absolute Gasteiger partial charge is 0.459 e. The molecule has 1 saturated heterocycles. The molecule has 1 aliphatic heterocycles. The second-order valence-corrected chi connectivity index (χ2v) is 3.50. The van der Waals surface area contributed by atoms with Gasteiger partial charge in [0.2, 0.25) is 0 Å². The monoisotopic (exact) mass is 168 g/mol. The van der Waals surface area contributed by atoms with E-state index in [0.717, 1.165) is 0 Å². The van der Waals surface area contributed by atoms with Crippen molar-refractivity contribution in [2.75, 3.05) is 0 Å². The van der Waals surface area contributed by atoms with Gasteiger partial charge in [-0.2, -0.15) is 0 Å². The van der Waals surface area contributed by atoms with E-state index in [1.165, 1.54) is 0 Å². The molecule has 1 unspecified atom stereocenters. The number of aliphatic hydroxyl groups excluding tert-OH is 1. The van der Waals surface area contributed by atoms with Crippen molar-refractivity contribution in [3.63, 3.8) is 0 Å². The van der Waals surface area contributed by atoms with Crippen LogP contribution in [0.5, 0.6) is 0 Å². The van der Waals surface area contributed by atoms with Crippen molar-refractivity contribution >= 4 is 5.97 Å². The minimum atomic E-state index is -0.506. The summed E-state index contributed by atoms with van der Waals surface area (Å²) in [6, 6.07) is 0. The topological polar surface area (TPSA) is 46.5 Å². The molecule has 0 spiro atoms. The summed E-state index contributed by atoms with van der Waals surface area (Å²) in [4.78, 5) is 11.1. The van der Waals surface area contributed by atoms with Crippen molar-refractivity contribution in [2.45, 2.75) is 25.6 Å². The van der Waals surface area contributed by atoms with Crippen LogP contribution in [-0.2, 0) is 9.53 Å². The third-order valence-corrected chi connectivity index (χ3v) is 2.70. The van der Waals surface area contributed by atoms with Crippen LogP contribution in [0.2, 0.25) is 0 Å². The minimum Gasteiger partial charge on any atom is -0.459 e. The van der Waals surface area contributed by atoms with Crippen LogP contribution in [0.25, 0.3) is 0 Å². The molecule has 1 fully saturated rings. The molecule has 1 heterocycles. The normalized spacial score (nSPS) is 45.7. The Hall–Kier alpha value is -0.830. The van der Waals surface area contributed by atoms with E-state index in [1.54, 1.807) is 0 Å². The maximum absolute atomic E-state index is 11.1. The van der Waals surface area contributed by atoms with Crippen LogP contribution in [0.15, 0.2) is 12.2 Å². The number of fused-ring (bicyclic) bond motifs is 1. The first kappa shape index (κ1) is 7.80. The van der Waals surface area contributed by atoms with Crippen LogP contribution in [0.1, 0.15) is 13.3 Å². The minimum absolute atomic E-state index is 0.0845. The summed E-state index contributed by atoms with van der Waals surface area (Å²) in [5.41, 5.74) is 0. The fourth-order valence-corrected chi connectivity index (χ4v) is 1.88. The van der Waals surface area contributed by atoms with Gasteiger partial charge in [-0.1, -0.05) is 19.1 Å². The quantitative estimate of drug-likeness (QED) is 0.423. The van der Waals surface area contributed by atoms with Gasteiger partial charge in [-0.25, -0.2) is 0 Å². The molecule has 4 atom stereocenters. The van der Waals surface area contributed by atoms with Gasteiger partial charge in [0.25, 0.3) is 0 Å². The Morgan fingerprint density at radius 1 is 1.67 bits per heavy atom. The van der Waals surface area contributed by atoms with E-state index in [4.69, 9.17) is 4.74 Å². The molecule has 12 heavy (non-hydrogen) atoms. The summed E-state index contributed by atoms with van der Waals surface area (Å²) in [6.07, 6.45) is 3.70. The molecular weight excluding hydrogens is 156 g/mol. The predicted octanol–water partition coefficient (Wildman–Crippen LogP) is 0.485. The highest BCUT2D eigenvalue weighted by molar-refractivity contribution is 5.75. The molecule has 0 aromatic rings. The van der Waals surface area contributed by atoms with Gasteiger partial charge >= 0.3 is 5.97 Å². The average molecular weight is 168 g/mol. The lowest BCUT2D eigenvalue weighted by molar-refractivity contribution is -0.147. The highest BCUT2D eigenvalue weighted by Gasteiger charge is 2.44. The summed E-state index contributed by atoms with van der Waals surface area (Å²) in [5, 5.41) is 9.49. The number of rotatable bonds is 0. The Bertz CT molecular complexity index is 234. The zero-order valence-corrected chi connectivity index (χ0v) is 6.93. The van der Waals surface area contributed by atoms with Crippen molar-refractivity contribution in [3.05, 3.63) is 12.2 Å². The van der Waals surface area contributed by atoms with Crippen molar-refractivity contribution in [1.82, 2.24) is 0 Å². The van der Waals surface area contributed by atoms with E-state index in [0.29, 0.717) is 6.42 Å². The maximum atomic E-state index is 11.1. The zero-order chi connectivity index (χ0) is 8.72. The molecular formula is C9H12O3. The Kier molecular flexibility index (Phi) is 1.68. The first-order valence-electron chi connectivity index (χ1n) is 4.25. The fourth-order valence-electron chi connectivity index (χ4n) is 1.88. The molecule has 2 rings (SSSR count). The average Bonchev–Trinajstić information content (AvgIpc) is 2.32. The number of ether oxygens (including phenoxy) is 1. The van der Waals surface area contributed by atoms with Crippen molar-refractivity contribution < 1.29 is 14.6 Å². The Labute approximate surface area is 71.0 Å². The lowest BCUT2D eigenvalue weighted by atomic mass is 9.84. The fraction of sp³-hybridized carbons (Fsp3) is 0.667. The number of carbonyl (C=O) groups excluding carboxylic acids is 1. The van der Waals surface area contributed by atoms with E-state index < -0.39 is 6.10 Å². The lowest BCUT2D eigenvalue weighted by Gasteiger charge is -2.24. The third-order valence-electron chi connectivity index (χ3n) is 2.70. The molecule has 0 aromatic heterocycles. The van der Waals surface area contributed by atoms with Gasteiger partial charge in [0.05, 0.1) is 12.0 Å². The van der Waals surface area contributed by atoms with Crippen molar-refractivity contribution in [3.8, 4) is 0 Å². The van der Waals surface area contributed by atoms with Gasteiger partial charge in [-0.05, 0) is 6.42 Å². The highest BCUT2D eigenvalue weighted by atomic mass is 16.6. The predicted molar refractivity (Wildman–Crippen MR) is 42.3 cm³/mol. The van der Waals surface area contributed by atoms with E-state index in [2.05, 4.69) is 0 Å². The van der Waals surface area contributed by atoms with Gasteiger partial charge < -0.3 is 9.84 Å². The lowest BCUT2D eigenvalue weighted by Crippen LogP contribution is -2.33. The molecule has 66 valence electrons. The van der Waals surface area contributed by atoms with Crippen LogP contribution in [0, 0.1) is 11.8 Å². The Morgan fingerprint density at radius 2 is 2.42 bits per heavy atom. The standard InChI is InChI=1S/C9H12O3/c1-5-6-3-2-4-7(10)8(6)12-9(5)11/h2-3,5-8,10H,4H2,1H3/t5?,6-,7+,8+/m0/s1. The SMILES string of the molecule is CC1C(=O)O[C@H]2[C@H](O)CC=C[C@@H]12. The maximum Gasteiger partial charge on any atom is 0.309 e. The Balaban J connectivity index is 2.25. The summed E-state index contributed by atoms with van der Waals surface area (Å²) >= 11 is 0. The molecule has 1 aliphatic carbocycles. The molecule has 0 saturated carbocycles. The number of esters is 1. The van der Waals surface area contributed by atoms with Gasteiger partial charge in [-0.15, -0.1) is 0 Å². The van der Waals surface area contributed by atoms with Crippen LogP contribution < -0.4 is 0 Å².